The third-order valence-corrected chi connectivity index (χ3v) is 2.47. The van der Waals surface area contributed by atoms with E-state index in [4.69, 9.17) is 10.5 Å². The predicted octanol–water partition coefficient (Wildman–Crippen LogP) is 2.43. The third-order valence-electron chi connectivity index (χ3n) is 1.75. The van der Waals surface area contributed by atoms with Crippen LogP contribution in [-0.2, 0) is 0 Å². The molecule has 0 bridgehead atoms. The minimum Gasteiger partial charge on any atom is -0.497 e. The molecule has 0 fully saturated rings. The van der Waals surface area contributed by atoms with E-state index in [1.807, 2.05) is 0 Å². The summed E-state index contributed by atoms with van der Waals surface area (Å²) >= 11 is 3.25. The number of ether oxygens (including phenoxy) is 1. The lowest BCUT2D eigenvalue weighted by Gasteiger charge is -2.09. The third kappa shape index (κ3) is 2.42. The van der Waals surface area contributed by atoms with Gasteiger partial charge < -0.3 is 10.5 Å². The van der Waals surface area contributed by atoms with Crippen molar-refractivity contribution in [3.63, 3.8) is 0 Å². The molecule has 0 saturated heterocycles. The Hall–Kier alpha value is -0.610. The maximum Gasteiger partial charge on any atom is 0.138 e. The van der Waals surface area contributed by atoms with E-state index in [0.717, 1.165) is 0 Å². The van der Waals surface area contributed by atoms with Crippen molar-refractivity contribution in [2.75, 3.05) is 13.7 Å². The summed E-state index contributed by atoms with van der Waals surface area (Å²) in [5.74, 6) is 0.634. The van der Waals surface area contributed by atoms with Gasteiger partial charge in [-0.25, -0.2) is 4.39 Å². The van der Waals surface area contributed by atoms with E-state index in [-0.39, 0.29) is 6.54 Å². The molecule has 0 aliphatic rings. The van der Waals surface area contributed by atoms with Crippen LogP contribution < -0.4 is 10.5 Å². The largest absolute Gasteiger partial charge is 0.497 e. The molecule has 4 heteroatoms. The molecule has 1 atom stereocenters. The standard InChI is InChI=1S/C9H11BrFNO/c1-13-6-2-3-8(10)7(4-6)9(11)5-12/h2-4,9H,5,12H2,1H3. The smallest absolute Gasteiger partial charge is 0.138 e. The number of methoxy groups -OCH3 is 1. The van der Waals surface area contributed by atoms with E-state index in [9.17, 15) is 4.39 Å². The number of benzene rings is 1. The minimum atomic E-state index is -1.15. The average Bonchev–Trinajstić information content (AvgIpc) is 2.17. The zero-order chi connectivity index (χ0) is 9.84. The highest BCUT2D eigenvalue weighted by Crippen LogP contribution is 2.29. The lowest BCUT2D eigenvalue weighted by molar-refractivity contribution is 0.348. The van der Waals surface area contributed by atoms with Crippen molar-refractivity contribution in [2.24, 2.45) is 5.73 Å². The summed E-state index contributed by atoms with van der Waals surface area (Å²) in [6, 6.07) is 5.15. The molecule has 1 aromatic carbocycles. The number of hydrogen-bond donors (Lipinski definition) is 1. The molecule has 0 heterocycles. The molecular weight excluding hydrogens is 237 g/mol. The van der Waals surface area contributed by atoms with Gasteiger partial charge in [0, 0.05) is 16.6 Å². The Labute approximate surface area is 85.0 Å². The molecule has 1 unspecified atom stereocenters. The van der Waals surface area contributed by atoms with E-state index in [1.165, 1.54) is 0 Å². The molecule has 0 radical (unpaired) electrons. The second-order valence-electron chi connectivity index (χ2n) is 2.59. The second kappa shape index (κ2) is 4.58. The summed E-state index contributed by atoms with van der Waals surface area (Å²) < 4.78 is 18.9. The molecule has 0 amide bonds. The van der Waals surface area contributed by atoms with Gasteiger partial charge in [0.15, 0.2) is 0 Å². The number of halogens is 2. The number of nitrogens with two attached hydrogens (primary N) is 1. The van der Waals surface area contributed by atoms with Gasteiger partial charge in [-0.15, -0.1) is 0 Å². The van der Waals surface area contributed by atoms with Crippen molar-refractivity contribution in [2.45, 2.75) is 6.17 Å². The minimum absolute atomic E-state index is 0.0221. The van der Waals surface area contributed by atoms with Crippen LogP contribution >= 0.6 is 15.9 Å². The topological polar surface area (TPSA) is 35.2 Å². The summed E-state index contributed by atoms with van der Waals surface area (Å²) in [7, 11) is 1.54. The quantitative estimate of drug-likeness (QED) is 0.891. The first-order valence-electron chi connectivity index (χ1n) is 3.86. The van der Waals surface area contributed by atoms with Gasteiger partial charge in [0.05, 0.1) is 7.11 Å². The van der Waals surface area contributed by atoms with Gasteiger partial charge in [0.2, 0.25) is 0 Å². The van der Waals surface area contributed by atoms with Gasteiger partial charge in [-0.2, -0.15) is 0 Å². The van der Waals surface area contributed by atoms with E-state index in [0.29, 0.717) is 15.8 Å². The predicted molar refractivity (Wildman–Crippen MR) is 53.6 cm³/mol. The Bertz CT molecular complexity index is 293. The number of alkyl halides is 1. The van der Waals surface area contributed by atoms with Gasteiger partial charge >= 0.3 is 0 Å². The van der Waals surface area contributed by atoms with Crippen LogP contribution in [0.4, 0.5) is 4.39 Å². The average molecular weight is 248 g/mol. The fraction of sp³-hybridized carbons (Fsp3) is 0.333. The molecule has 0 saturated carbocycles. The van der Waals surface area contributed by atoms with E-state index < -0.39 is 6.17 Å². The Morgan fingerprint density at radius 1 is 1.62 bits per heavy atom. The molecule has 0 spiro atoms. The maximum atomic E-state index is 13.2. The van der Waals surface area contributed by atoms with Gasteiger partial charge in [-0.05, 0) is 18.2 Å². The molecule has 13 heavy (non-hydrogen) atoms. The highest BCUT2D eigenvalue weighted by molar-refractivity contribution is 9.10. The fourth-order valence-corrected chi connectivity index (χ4v) is 1.51. The van der Waals surface area contributed by atoms with Crippen molar-refractivity contribution in [3.8, 4) is 5.75 Å². The van der Waals surface area contributed by atoms with E-state index >= 15 is 0 Å². The van der Waals surface area contributed by atoms with Crippen LogP contribution in [0.3, 0.4) is 0 Å². The highest BCUT2D eigenvalue weighted by Gasteiger charge is 2.11. The summed E-state index contributed by atoms with van der Waals surface area (Å²) in [5, 5.41) is 0. The van der Waals surface area contributed by atoms with Crippen LogP contribution in [0.2, 0.25) is 0 Å². The normalized spacial score (nSPS) is 12.6. The Kier molecular flexibility index (Phi) is 3.69. The first kappa shape index (κ1) is 10.5. The van der Waals surface area contributed by atoms with Gasteiger partial charge in [-0.3, -0.25) is 0 Å². The molecule has 2 nitrogen and oxygen atoms in total. The monoisotopic (exact) mass is 247 g/mol. The van der Waals surface area contributed by atoms with Crippen molar-refractivity contribution in [1.82, 2.24) is 0 Å². The molecular formula is C9H11BrFNO. The van der Waals surface area contributed by atoms with Crippen molar-refractivity contribution in [1.29, 1.82) is 0 Å². The zero-order valence-corrected chi connectivity index (χ0v) is 8.84. The van der Waals surface area contributed by atoms with Crippen LogP contribution in [-0.4, -0.2) is 13.7 Å². The summed E-state index contributed by atoms with van der Waals surface area (Å²) in [4.78, 5) is 0. The molecule has 0 aromatic heterocycles. The number of hydrogen-bond acceptors (Lipinski definition) is 2. The maximum absolute atomic E-state index is 13.2. The zero-order valence-electron chi connectivity index (χ0n) is 7.26. The summed E-state index contributed by atoms with van der Waals surface area (Å²) in [5.41, 5.74) is 5.76. The second-order valence-corrected chi connectivity index (χ2v) is 3.45. The van der Waals surface area contributed by atoms with Crippen LogP contribution in [0.25, 0.3) is 0 Å². The lowest BCUT2D eigenvalue weighted by atomic mass is 10.1. The van der Waals surface area contributed by atoms with Crippen molar-refractivity contribution >= 4 is 15.9 Å². The molecule has 0 aliphatic carbocycles. The molecule has 0 aliphatic heterocycles. The van der Waals surface area contributed by atoms with E-state index in [2.05, 4.69) is 15.9 Å². The summed E-state index contributed by atoms with van der Waals surface area (Å²) in [6.45, 7) is -0.0221. The Balaban J connectivity index is 3.03. The van der Waals surface area contributed by atoms with Crippen LogP contribution in [0.5, 0.6) is 5.75 Å². The fourth-order valence-electron chi connectivity index (χ4n) is 1.02. The molecule has 1 rings (SSSR count). The SMILES string of the molecule is COc1ccc(Br)c(C(F)CN)c1. The van der Waals surface area contributed by atoms with Gasteiger partial charge in [-0.1, -0.05) is 15.9 Å². The van der Waals surface area contributed by atoms with Gasteiger partial charge in [0.1, 0.15) is 11.9 Å². The number of rotatable bonds is 3. The molecule has 2 N–H and O–H groups in total. The summed E-state index contributed by atoms with van der Waals surface area (Å²) in [6.07, 6.45) is -1.15. The van der Waals surface area contributed by atoms with Crippen molar-refractivity contribution < 1.29 is 9.13 Å². The van der Waals surface area contributed by atoms with Crippen molar-refractivity contribution in [3.05, 3.63) is 28.2 Å². The molecule has 1 aromatic rings. The first-order chi connectivity index (χ1) is 6.19. The first-order valence-corrected chi connectivity index (χ1v) is 4.66. The molecule has 72 valence electrons. The highest BCUT2D eigenvalue weighted by atomic mass is 79.9. The van der Waals surface area contributed by atoms with E-state index in [1.54, 1.807) is 25.3 Å². The lowest BCUT2D eigenvalue weighted by Crippen LogP contribution is -2.08. The van der Waals surface area contributed by atoms with Gasteiger partial charge in [0.25, 0.3) is 0 Å². The Morgan fingerprint density at radius 3 is 2.85 bits per heavy atom. The van der Waals surface area contributed by atoms with Crippen LogP contribution in [0, 0.1) is 0 Å². The van der Waals surface area contributed by atoms with Crippen LogP contribution in [0.15, 0.2) is 22.7 Å². The van der Waals surface area contributed by atoms with Crippen LogP contribution in [0.1, 0.15) is 11.7 Å². The Morgan fingerprint density at radius 2 is 2.31 bits per heavy atom.